The number of fused-ring (bicyclic) bond motifs is 4. The molecule has 2 unspecified atom stereocenters. The van der Waals surface area contributed by atoms with E-state index >= 15 is 0 Å². The van der Waals surface area contributed by atoms with Crippen LogP contribution >= 0.6 is 0 Å². The Hall–Kier alpha value is -0.560. The second kappa shape index (κ2) is 9.03. The summed E-state index contributed by atoms with van der Waals surface area (Å²) in [4.78, 5) is 0. The smallest absolute Gasteiger partial charge is 0.0636 e. The third-order valence-corrected chi connectivity index (χ3v) is 12.1. The van der Waals surface area contributed by atoms with Crippen LogP contribution in [0.2, 0.25) is 0 Å². The second-order valence-electron chi connectivity index (χ2n) is 15.8. The maximum atomic E-state index is 6.70. The highest BCUT2D eigenvalue weighted by Gasteiger charge is 2.63. The van der Waals surface area contributed by atoms with E-state index in [0.717, 1.165) is 17.8 Å². The molecule has 4 rings (SSSR count). The Morgan fingerprint density at radius 2 is 1.63 bits per heavy atom. The van der Waals surface area contributed by atoms with Crippen LogP contribution in [0.15, 0.2) is 22.8 Å². The van der Waals surface area contributed by atoms with Crippen molar-refractivity contribution >= 4 is 0 Å². The molecular weight excluding hydrogens is 424 g/mol. The standard InChI is InChI=1S/C34H58O/c1-23(2)13-12-14-24(3)25-17-21-34(11)27-15-16-28-31(7,8)29(35-30(4,5)6)19-20-32(28,9)26(27)18-22-33(25,34)10/h13,24-25,28-29H,12,14-22H2,1-11H3/t24-,25-,28?,29?,32-,33-,34+/m1/s1. The number of hydrogen-bond donors (Lipinski definition) is 0. The summed E-state index contributed by atoms with van der Waals surface area (Å²) >= 11 is 0. The Morgan fingerprint density at radius 3 is 2.26 bits per heavy atom. The van der Waals surface area contributed by atoms with Crippen molar-refractivity contribution in [3.05, 3.63) is 22.8 Å². The molecule has 0 N–H and O–H groups in total. The van der Waals surface area contributed by atoms with Gasteiger partial charge in [-0.25, -0.2) is 0 Å². The molecule has 0 aromatic heterocycles. The van der Waals surface area contributed by atoms with Crippen LogP contribution in [-0.4, -0.2) is 11.7 Å². The maximum absolute atomic E-state index is 6.70. The fourth-order valence-electron chi connectivity index (χ4n) is 10.1. The predicted molar refractivity (Wildman–Crippen MR) is 151 cm³/mol. The first-order valence-corrected chi connectivity index (χ1v) is 15.1. The summed E-state index contributed by atoms with van der Waals surface area (Å²) < 4.78 is 6.70. The minimum atomic E-state index is -0.0595. The Morgan fingerprint density at radius 1 is 0.943 bits per heavy atom. The molecule has 0 heterocycles. The minimum Gasteiger partial charge on any atom is -0.372 e. The van der Waals surface area contributed by atoms with Crippen molar-refractivity contribution in [1.82, 2.24) is 0 Å². The van der Waals surface area contributed by atoms with Crippen molar-refractivity contribution in [2.24, 2.45) is 39.4 Å². The van der Waals surface area contributed by atoms with Crippen LogP contribution < -0.4 is 0 Å². The molecule has 1 nitrogen and oxygen atoms in total. The van der Waals surface area contributed by atoms with Gasteiger partial charge in [0.2, 0.25) is 0 Å². The van der Waals surface area contributed by atoms with Crippen LogP contribution in [0.1, 0.15) is 140 Å². The van der Waals surface area contributed by atoms with Gasteiger partial charge < -0.3 is 4.74 Å². The second-order valence-corrected chi connectivity index (χ2v) is 15.8. The van der Waals surface area contributed by atoms with E-state index in [9.17, 15) is 0 Å². The Balaban J connectivity index is 1.62. The summed E-state index contributed by atoms with van der Waals surface area (Å²) in [6.07, 6.45) is 16.3. The highest BCUT2D eigenvalue weighted by atomic mass is 16.5. The predicted octanol–water partition coefficient (Wildman–Crippen LogP) is 10.3. The van der Waals surface area contributed by atoms with Gasteiger partial charge in [0.05, 0.1) is 11.7 Å². The lowest BCUT2D eigenvalue weighted by Crippen LogP contribution is -2.56. The molecule has 4 aliphatic carbocycles. The van der Waals surface area contributed by atoms with Gasteiger partial charge in [0.25, 0.3) is 0 Å². The first-order chi connectivity index (χ1) is 16.1. The lowest BCUT2D eigenvalue weighted by atomic mass is 9.43. The van der Waals surface area contributed by atoms with E-state index in [-0.39, 0.29) is 11.0 Å². The van der Waals surface area contributed by atoms with Crippen molar-refractivity contribution in [2.75, 3.05) is 0 Å². The molecule has 4 aliphatic rings. The molecule has 2 fully saturated rings. The van der Waals surface area contributed by atoms with E-state index in [4.69, 9.17) is 4.74 Å². The average molecular weight is 483 g/mol. The maximum Gasteiger partial charge on any atom is 0.0636 e. The average Bonchev–Trinajstić information content (AvgIpc) is 3.01. The third kappa shape index (κ3) is 4.42. The molecule has 0 aromatic rings. The first-order valence-electron chi connectivity index (χ1n) is 15.1. The summed E-state index contributed by atoms with van der Waals surface area (Å²) in [5.74, 6) is 2.45. The summed E-state index contributed by atoms with van der Waals surface area (Å²) in [7, 11) is 0. The van der Waals surface area contributed by atoms with Crippen molar-refractivity contribution in [1.29, 1.82) is 0 Å². The largest absolute Gasteiger partial charge is 0.372 e. The van der Waals surface area contributed by atoms with E-state index in [0.29, 0.717) is 22.3 Å². The number of rotatable bonds is 5. The SMILES string of the molecule is CC(C)=CCC[C@@H](C)[C@H]1CC[C@@]2(C)C3=C(CC[C@]12C)[C@@]1(C)CCC(OC(C)(C)C)C(C)(C)C1CC3. The number of hydrogen-bond acceptors (Lipinski definition) is 1. The molecule has 0 bridgehead atoms. The quantitative estimate of drug-likeness (QED) is 0.354. The normalized spacial score (nSPS) is 41.6. The fraction of sp³-hybridized carbons (Fsp3) is 0.882. The summed E-state index contributed by atoms with van der Waals surface area (Å²) in [5.41, 5.74) is 6.74. The van der Waals surface area contributed by atoms with Gasteiger partial charge in [-0.05, 0) is 138 Å². The van der Waals surface area contributed by atoms with Crippen molar-refractivity contribution in [3.63, 3.8) is 0 Å². The van der Waals surface area contributed by atoms with E-state index in [1.165, 1.54) is 69.8 Å². The molecule has 0 aromatic carbocycles. The highest BCUT2D eigenvalue weighted by Crippen LogP contribution is 2.72. The molecule has 1 heteroatoms. The molecule has 200 valence electrons. The Kier molecular flexibility index (Phi) is 7.09. The molecule has 7 atom stereocenters. The van der Waals surface area contributed by atoms with Crippen LogP contribution in [0.3, 0.4) is 0 Å². The van der Waals surface area contributed by atoms with Crippen LogP contribution in [0.4, 0.5) is 0 Å². The monoisotopic (exact) mass is 482 g/mol. The van der Waals surface area contributed by atoms with Crippen LogP contribution in [0.25, 0.3) is 0 Å². The van der Waals surface area contributed by atoms with Gasteiger partial charge in [-0.15, -0.1) is 0 Å². The number of ether oxygens (including phenoxy) is 1. The van der Waals surface area contributed by atoms with Crippen LogP contribution in [-0.2, 0) is 4.74 Å². The van der Waals surface area contributed by atoms with Gasteiger partial charge in [-0.1, -0.05) is 64.3 Å². The van der Waals surface area contributed by atoms with Gasteiger partial charge in [-0.2, -0.15) is 0 Å². The Bertz CT molecular complexity index is 864. The van der Waals surface area contributed by atoms with Gasteiger partial charge >= 0.3 is 0 Å². The zero-order chi connectivity index (χ0) is 26.0. The molecule has 35 heavy (non-hydrogen) atoms. The summed E-state index contributed by atoms with van der Waals surface area (Å²) in [6, 6.07) is 0. The minimum absolute atomic E-state index is 0.0595. The van der Waals surface area contributed by atoms with Gasteiger partial charge in [0, 0.05) is 0 Å². The van der Waals surface area contributed by atoms with E-state index in [2.05, 4.69) is 82.2 Å². The highest BCUT2D eigenvalue weighted by molar-refractivity contribution is 5.38. The lowest BCUT2D eigenvalue weighted by Gasteiger charge is -2.63. The van der Waals surface area contributed by atoms with Crippen LogP contribution in [0.5, 0.6) is 0 Å². The lowest BCUT2D eigenvalue weighted by molar-refractivity contribution is -0.170. The third-order valence-electron chi connectivity index (χ3n) is 12.1. The van der Waals surface area contributed by atoms with Gasteiger partial charge in [0.15, 0.2) is 0 Å². The molecular formula is C34H58O. The van der Waals surface area contributed by atoms with Gasteiger partial charge in [-0.3, -0.25) is 0 Å². The molecule has 0 spiro atoms. The molecule has 0 aliphatic heterocycles. The van der Waals surface area contributed by atoms with Crippen LogP contribution in [0, 0.1) is 39.4 Å². The molecule has 0 radical (unpaired) electrons. The zero-order valence-corrected chi connectivity index (χ0v) is 25.4. The first kappa shape index (κ1) is 27.5. The van der Waals surface area contributed by atoms with Crippen molar-refractivity contribution in [3.8, 4) is 0 Å². The molecule has 0 amide bonds. The van der Waals surface area contributed by atoms with Crippen molar-refractivity contribution < 1.29 is 4.74 Å². The van der Waals surface area contributed by atoms with E-state index < -0.39 is 0 Å². The topological polar surface area (TPSA) is 9.23 Å². The number of allylic oxidation sites excluding steroid dienone is 4. The zero-order valence-electron chi connectivity index (χ0n) is 25.4. The summed E-state index contributed by atoms with van der Waals surface area (Å²) in [5, 5.41) is 0. The van der Waals surface area contributed by atoms with E-state index in [1.54, 1.807) is 0 Å². The molecule has 0 saturated heterocycles. The van der Waals surface area contributed by atoms with Crippen molar-refractivity contribution in [2.45, 2.75) is 152 Å². The fourth-order valence-corrected chi connectivity index (χ4v) is 10.1. The summed E-state index contributed by atoms with van der Waals surface area (Å²) in [6.45, 7) is 26.9. The van der Waals surface area contributed by atoms with Gasteiger partial charge in [0.1, 0.15) is 0 Å². The molecule has 2 saturated carbocycles. The van der Waals surface area contributed by atoms with E-state index in [1.807, 2.05) is 11.1 Å². The Labute approximate surface area is 218 Å².